The van der Waals surface area contributed by atoms with E-state index in [9.17, 15) is 44.6 Å². The van der Waals surface area contributed by atoms with Crippen LogP contribution in [0.3, 0.4) is 0 Å². The van der Waals surface area contributed by atoms with Crippen molar-refractivity contribution in [3.63, 3.8) is 0 Å². The molecule has 13 nitrogen and oxygen atoms in total. The van der Waals surface area contributed by atoms with Crippen LogP contribution in [0.15, 0.2) is 122 Å². The summed E-state index contributed by atoms with van der Waals surface area (Å²) >= 11 is 0. The molecule has 0 bridgehead atoms. The van der Waals surface area contributed by atoms with Gasteiger partial charge in [0, 0.05) is 12.8 Å². The molecule has 0 heterocycles. The van der Waals surface area contributed by atoms with E-state index in [2.05, 4.69) is 98.9 Å². The lowest BCUT2D eigenvalue weighted by molar-refractivity contribution is -0.220. The fourth-order valence-corrected chi connectivity index (χ4v) is 7.13. The third kappa shape index (κ3) is 31.7. The number of carbonyl (C=O) groups is 2. The van der Waals surface area contributed by atoms with Crippen LogP contribution >= 0.6 is 7.82 Å². The number of aliphatic hydroxyl groups excluding tert-OH is 5. The molecule has 65 heavy (non-hydrogen) atoms. The van der Waals surface area contributed by atoms with Crippen LogP contribution in [0.5, 0.6) is 0 Å². The van der Waals surface area contributed by atoms with Crippen LogP contribution in [0.25, 0.3) is 0 Å². The molecule has 1 aliphatic rings. The number of aliphatic hydroxyl groups is 5. The first-order chi connectivity index (χ1) is 31.4. The van der Waals surface area contributed by atoms with E-state index in [0.717, 1.165) is 83.5 Å². The molecule has 0 aromatic heterocycles. The van der Waals surface area contributed by atoms with Crippen molar-refractivity contribution in [2.24, 2.45) is 0 Å². The molecule has 1 fully saturated rings. The van der Waals surface area contributed by atoms with Gasteiger partial charge in [0.25, 0.3) is 0 Å². The summed E-state index contributed by atoms with van der Waals surface area (Å²) in [5.41, 5.74) is 0. The zero-order valence-corrected chi connectivity index (χ0v) is 39.6. The number of hydrogen-bond acceptors (Lipinski definition) is 12. The molecule has 0 radical (unpaired) electrons. The van der Waals surface area contributed by atoms with Crippen LogP contribution in [0.4, 0.5) is 0 Å². The van der Waals surface area contributed by atoms with E-state index in [1.165, 1.54) is 0 Å². The quantitative estimate of drug-likeness (QED) is 0.0114. The summed E-state index contributed by atoms with van der Waals surface area (Å²) in [5.74, 6) is -1.21. The second kappa shape index (κ2) is 39.4. The molecule has 0 amide bonds. The molecule has 1 aliphatic carbocycles. The first-order valence-electron chi connectivity index (χ1n) is 23.4. The Bertz CT molecular complexity index is 1590. The van der Waals surface area contributed by atoms with Crippen molar-refractivity contribution in [1.29, 1.82) is 0 Å². The molecule has 0 saturated heterocycles. The largest absolute Gasteiger partial charge is 0.472 e. The molecule has 8 atom stereocenters. The summed E-state index contributed by atoms with van der Waals surface area (Å²) < 4.78 is 33.4. The van der Waals surface area contributed by atoms with E-state index >= 15 is 0 Å². The average molecular weight is 931 g/mol. The van der Waals surface area contributed by atoms with Gasteiger partial charge in [-0.1, -0.05) is 155 Å². The van der Waals surface area contributed by atoms with Gasteiger partial charge in [0.15, 0.2) is 6.10 Å². The Hall–Kier alpha value is -3.75. The van der Waals surface area contributed by atoms with E-state index in [4.69, 9.17) is 18.5 Å². The van der Waals surface area contributed by atoms with E-state index in [-0.39, 0.29) is 12.8 Å². The highest BCUT2D eigenvalue weighted by molar-refractivity contribution is 7.47. The molecule has 0 aromatic carbocycles. The van der Waals surface area contributed by atoms with Crippen molar-refractivity contribution in [3.05, 3.63) is 122 Å². The van der Waals surface area contributed by atoms with Gasteiger partial charge in [-0.05, 0) is 83.5 Å². The number of hydrogen-bond donors (Lipinski definition) is 6. The lowest BCUT2D eigenvalue weighted by atomic mass is 9.85. The Kier molecular flexibility index (Phi) is 35.9. The Labute approximate surface area is 388 Å². The third-order valence-electron chi connectivity index (χ3n) is 9.86. The molecule has 7 unspecified atom stereocenters. The molecule has 1 rings (SSSR count). The van der Waals surface area contributed by atoms with Crippen molar-refractivity contribution in [2.45, 2.75) is 172 Å². The van der Waals surface area contributed by atoms with Gasteiger partial charge in [-0.2, -0.15) is 0 Å². The summed E-state index contributed by atoms with van der Waals surface area (Å²) in [6, 6.07) is 0. The van der Waals surface area contributed by atoms with Crippen LogP contribution in [0.1, 0.15) is 129 Å². The third-order valence-corrected chi connectivity index (χ3v) is 10.8. The van der Waals surface area contributed by atoms with E-state index in [1.807, 2.05) is 36.5 Å². The lowest BCUT2D eigenvalue weighted by Gasteiger charge is -2.41. The number of allylic oxidation sites excluding steroid dienone is 20. The molecule has 0 aliphatic heterocycles. The first-order valence-corrected chi connectivity index (χ1v) is 24.9. The molecule has 366 valence electrons. The standard InChI is InChI=1S/C51H79O13P/c1-3-5-7-9-11-13-15-17-18-19-20-21-22-23-24-25-26-28-29-31-33-35-37-39-44(52)61-41-43(42-62-65(59,60)64-51-49(57)47(55)46(54)48(56)50(51)58)63-45(53)40-38-36-34-32-30-27-16-14-12-10-8-6-4-2/h5-8,10-14,16-18,20-21,23-24,26,28,31,33,43,46-51,54-58H,3-4,9,15,19,22,25,27,29-30,32,34-42H2,1-2H3,(H,59,60)/b7-5+,8-6+,12-10+,13-11+,16-14+,18-17+,21-20+,24-23+,28-26+,33-31+/t43?,46?,47-,48?,49?,50?,51?/m0/s1. The molecule has 0 spiro atoms. The predicted octanol–water partition coefficient (Wildman–Crippen LogP) is 9.39. The maximum absolute atomic E-state index is 12.8. The fraction of sp³-hybridized carbons (Fsp3) is 0.569. The molecule has 0 aromatic rings. The monoisotopic (exact) mass is 931 g/mol. The fourth-order valence-electron chi connectivity index (χ4n) is 6.16. The number of rotatable bonds is 36. The van der Waals surface area contributed by atoms with Gasteiger partial charge >= 0.3 is 19.8 Å². The van der Waals surface area contributed by atoms with Crippen molar-refractivity contribution in [2.75, 3.05) is 13.2 Å². The number of carbonyl (C=O) groups excluding carboxylic acids is 2. The number of unbranched alkanes of at least 4 members (excludes halogenated alkanes) is 6. The second-order valence-corrected chi connectivity index (χ2v) is 17.0. The number of ether oxygens (including phenoxy) is 2. The topological polar surface area (TPSA) is 210 Å². The smallest absolute Gasteiger partial charge is 0.462 e. The van der Waals surface area contributed by atoms with E-state index in [1.54, 1.807) is 0 Å². The molecular formula is C51H79O13P. The predicted molar refractivity (Wildman–Crippen MR) is 257 cm³/mol. The zero-order valence-electron chi connectivity index (χ0n) is 38.7. The minimum Gasteiger partial charge on any atom is -0.462 e. The van der Waals surface area contributed by atoms with Crippen molar-refractivity contribution in [3.8, 4) is 0 Å². The number of phosphoric acid groups is 1. The Morgan fingerprint density at radius 1 is 0.492 bits per heavy atom. The Morgan fingerprint density at radius 2 is 0.923 bits per heavy atom. The SMILES string of the molecule is CC/C=C/C=C/C=C/CCCCCCCC(=O)OC(COC(=O)CCC/C=C/C/C=C/C/C=C/C/C=C/C/C=C/C/C=C/C/C=C/CC)COP(=O)(O)OC1C(O)C(O)C(O)[C@H](O)C1O. The molecule has 1 saturated carbocycles. The van der Waals surface area contributed by atoms with Crippen LogP contribution in [-0.4, -0.2) is 98.3 Å². The summed E-state index contributed by atoms with van der Waals surface area (Å²) in [5, 5.41) is 50.1. The van der Waals surface area contributed by atoms with Crippen LogP contribution in [0, 0.1) is 0 Å². The van der Waals surface area contributed by atoms with Crippen LogP contribution < -0.4 is 0 Å². The Balaban J connectivity index is 2.49. The van der Waals surface area contributed by atoms with Crippen molar-refractivity contribution in [1.82, 2.24) is 0 Å². The Morgan fingerprint density at radius 3 is 1.46 bits per heavy atom. The maximum atomic E-state index is 12.8. The van der Waals surface area contributed by atoms with Gasteiger partial charge in [0.05, 0.1) is 6.61 Å². The van der Waals surface area contributed by atoms with Gasteiger partial charge in [-0.15, -0.1) is 0 Å². The number of esters is 2. The van der Waals surface area contributed by atoms with E-state index in [0.29, 0.717) is 19.3 Å². The van der Waals surface area contributed by atoms with Crippen molar-refractivity contribution < 1.29 is 63.1 Å². The van der Waals surface area contributed by atoms with Gasteiger partial charge in [-0.25, -0.2) is 4.57 Å². The van der Waals surface area contributed by atoms with Gasteiger partial charge in [-0.3, -0.25) is 18.6 Å². The molecule has 14 heteroatoms. The highest BCUT2D eigenvalue weighted by Gasteiger charge is 2.51. The summed E-state index contributed by atoms with van der Waals surface area (Å²) in [7, 11) is -5.15. The summed E-state index contributed by atoms with van der Waals surface area (Å²) in [6.45, 7) is 2.96. The second-order valence-electron chi connectivity index (χ2n) is 15.6. The van der Waals surface area contributed by atoms with Gasteiger partial charge in [0.2, 0.25) is 0 Å². The average Bonchev–Trinajstić information content (AvgIpc) is 3.29. The summed E-state index contributed by atoms with van der Waals surface area (Å²) in [6.07, 6.45) is 42.6. The number of phosphoric ester groups is 1. The van der Waals surface area contributed by atoms with E-state index < -0.39 is 75.7 Å². The van der Waals surface area contributed by atoms with Gasteiger partial charge < -0.3 is 39.9 Å². The highest BCUT2D eigenvalue weighted by atomic mass is 31.2. The molecule has 6 N–H and O–H groups in total. The van der Waals surface area contributed by atoms with Gasteiger partial charge in [0.1, 0.15) is 43.2 Å². The lowest BCUT2D eigenvalue weighted by Crippen LogP contribution is -2.64. The zero-order chi connectivity index (χ0) is 47.8. The van der Waals surface area contributed by atoms with Crippen LogP contribution in [-0.2, 0) is 32.7 Å². The first kappa shape index (κ1) is 59.3. The summed E-state index contributed by atoms with van der Waals surface area (Å²) in [4.78, 5) is 35.7. The normalized spacial score (nSPS) is 22.5. The minimum absolute atomic E-state index is 0.0528. The van der Waals surface area contributed by atoms with Crippen LogP contribution in [0.2, 0.25) is 0 Å². The minimum atomic E-state index is -5.15. The highest BCUT2D eigenvalue weighted by Crippen LogP contribution is 2.47. The van der Waals surface area contributed by atoms with Crippen molar-refractivity contribution >= 4 is 19.8 Å². The molecular weight excluding hydrogens is 852 g/mol. The maximum Gasteiger partial charge on any atom is 0.472 e.